The summed E-state index contributed by atoms with van der Waals surface area (Å²) in [6, 6.07) is 21.9. The van der Waals surface area contributed by atoms with Gasteiger partial charge in [0.25, 0.3) is 0 Å². The van der Waals surface area contributed by atoms with Crippen molar-refractivity contribution in [3.63, 3.8) is 0 Å². The zero-order valence-corrected chi connectivity index (χ0v) is 11.5. The number of hydrogen-bond donors (Lipinski definition) is 1. The molecule has 0 fully saturated rings. The van der Waals surface area contributed by atoms with Gasteiger partial charge in [0.1, 0.15) is 0 Å². The molecule has 0 radical (unpaired) electrons. The van der Waals surface area contributed by atoms with Gasteiger partial charge < -0.3 is 4.98 Å². The quantitative estimate of drug-likeness (QED) is 0.394. The van der Waals surface area contributed by atoms with Crippen LogP contribution in [-0.4, -0.2) is 9.97 Å². The lowest BCUT2D eigenvalue weighted by Gasteiger charge is -2.09. The SMILES string of the molecule is c1c[nH]cn1.c1cc2ccc3cccc4ccc(c1)c2c34. The van der Waals surface area contributed by atoms with Crippen molar-refractivity contribution >= 4 is 32.3 Å². The highest BCUT2D eigenvalue weighted by molar-refractivity contribution is 6.22. The third-order valence-electron chi connectivity index (χ3n) is 3.80. The van der Waals surface area contributed by atoms with E-state index >= 15 is 0 Å². The van der Waals surface area contributed by atoms with Gasteiger partial charge in [0, 0.05) is 12.4 Å². The van der Waals surface area contributed by atoms with E-state index in [1.165, 1.54) is 32.3 Å². The van der Waals surface area contributed by atoms with Crippen molar-refractivity contribution in [2.75, 3.05) is 0 Å². The smallest absolute Gasteiger partial charge is 0.0919 e. The Hall–Kier alpha value is -2.87. The lowest BCUT2D eigenvalue weighted by Crippen LogP contribution is -1.82. The third-order valence-corrected chi connectivity index (χ3v) is 3.80. The maximum Gasteiger partial charge on any atom is 0.0919 e. The molecule has 2 nitrogen and oxygen atoms in total. The van der Waals surface area contributed by atoms with Gasteiger partial charge in [-0.05, 0) is 32.3 Å². The van der Waals surface area contributed by atoms with Crippen LogP contribution in [0.2, 0.25) is 0 Å². The lowest BCUT2D eigenvalue weighted by molar-refractivity contribution is 1.31. The first-order chi connectivity index (χ1) is 10.4. The van der Waals surface area contributed by atoms with E-state index < -0.39 is 0 Å². The second-order valence-electron chi connectivity index (χ2n) is 5.05. The van der Waals surface area contributed by atoms with E-state index in [9.17, 15) is 0 Å². The molecule has 0 aliphatic heterocycles. The predicted molar refractivity (Wildman–Crippen MR) is 88.7 cm³/mol. The van der Waals surface area contributed by atoms with Crippen molar-refractivity contribution < 1.29 is 0 Å². The Morgan fingerprint density at radius 3 is 1.38 bits per heavy atom. The summed E-state index contributed by atoms with van der Waals surface area (Å²) >= 11 is 0. The average molecular weight is 270 g/mol. The molecule has 2 heteroatoms. The maximum absolute atomic E-state index is 3.67. The van der Waals surface area contributed by atoms with Crippen LogP contribution in [0.3, 0.4) is 0 Å². The van der Waals surface area contributed by atoms with Crippen LogP contribution in [-0.2, 0) is 0 Å². The van der Waals surface area contributed by atoms with Gasteiger partial charge in [0.15, 0.2) is 0 Å². The Labute approximate surface area is 122 Å². The molecule has 0 saturated carbocycles. The number of rotatable bonds is 0. The Kier molecular flexibility index (Phi) is 2.79. The number of nitrogens with zero attached hydrogens (tertiary/aromatic N) is 1. The van der Waals surface area contributed by atoms with Crippen LogP contribution in [0.15, 0.2) is 79.4 Å². The molecule has 1 aromatic heterocycles. The first-order valence-corrected chi connectivity index (χ1v) is 6.99. The molecule has 5 aromatic rings. The molecule has 0 amide bonds. The fourth-order valence-electron chi connectivity index (χ4n) is 2.88. The van der Waals surface area contributed by atoms with Gasteiger partial charge in [-0.1, -0.05) is 60.7 Å². The molecular weight excluding hydrogens is 256 g/mol. The number of imidazole rings is 1. The highest BCUT2D eigenvalue weighted by atomic mass is 14.8. The topological polar surface area (TPSA) is 28.7 Å². The zero-order chi connectivity index (χ0) is 14.1. The van der Waals surface area contributed by atoms with Crippen LogP contribution in [0.25, 0.3) is 32.3 Å². The molecule has 0 saturated heterocycles. The summed E-state index contributed by atoms with van der Waals surface area (Å²) in [7, 11) is 0. The molecule has 0 atom stereocenters. The van der Waals surface area contributed by atoms with E-state index in [0.29, 0.717) is 0 Å². The second-order valence-corrected chi connectivity index (χ2v) is 5.05. The standard InChI is InChI=1S/C16H10.C3H4N2/c1-3-11-7-9-13-5-2-6-14-10-8-12(4-1)15(11)16(13)14;1-2-5-3-4-1/h1-10H;1-3H,(H,4,5). The summed E-state index contributed by atoms with van der Waals surface area (Å²) < 4.78 is 0. The Balaban J connectivity index is 0.000000197. The van der Waals surface area contributed by atoms with Crippen LogP contribution in [0, 0.1) is 0 Å². The highest BCUT2D eigenvalue weighted by Gasteiger charge is 2.05. The largest absolute Gasteiger partial charge is 0.351 e. The van der Waals surface area contributed by atoms with Gasteiger partial charge in [-0.25, -0.2) is 4.98 Å². The van der Waals surface area contributed by atoms with E-state index in [2.05, 4.69) is 70.6 Å². The minimum Gasteiger partial charge on any atom is -0.351 e. The van der Waals surface area contributed by atoms with E-state index in [1.54, 1.807) is 18.7 Å². The Morgan fingerprint density at radius 2 is 1.10 bits per heavy atom. The monoisotopic (exact) mass is 270 g/mol. The Bertz CT molecular complexity index is 837. The molecule has 0 bridgehead atoms. The molecule has 0 aliphatic carbocycles. The summed E-state index contributed by atoms with van der Waals surface area (Å²) in [6.45, 7) is 0. The normalized spacial score (nSPS) is 10.9. The average Bonchev–Trinajstić information content (AvgIpc) is 3.13. The highest BCUT2D eigenvalue weighted by Crippen LogP contribution is 2.33. The molecule has 0 aliphatic rings. The predicted octanol–water partition coefficient (Wildman–Crippen LogP) is 4.99. The van der Waals surface area contributed by atoms with Gasteiger partial charge >= 0.3 is 0 Å². The number of aromatic nitrogens is 2. The maximum atomic E-state index is 3.67. The van der Waals surface area contributed by atoms with Gasteiger partial charge in [0.2, 0.25) is 0 Å². The molecule has 4 aromatic carbocycles. The van der Waals surface area contributed by atoms with Crippen molar-refractivity contribution in [1.29, 1.82) is 0 Å². The van der Waals surface area contributed by atoms with Gasteiger partial charge in [-0.15, -0.1) is 0 Å². The van der Waals surface area contributed by atoms with Crippen molar-refractivity contribution in [2.24, 2.45) is 0 Å². The molecule has 0 unspecified atom stereocenters. The third kappa shape index (κ3) is 2.01. The van der Waals surface area contributed by atoms with E-state index in [0.717, 1.165) is 0 Å². The van der Waals surface area contributed by atoms with Crippen LogP contribution in [0.1, 0.15) is 0 Å². The molecule has 100 valence electrons. The first kappa shape index (κ1) is 11.9. The molecule has 5 rings (SSSR count). The summed E-state index contributed by atoms with van der Waals surface area (Å²) in [6.07, 6.45) is 5.08. The van der Waals surface area contributed by atoms with Crippen molar-refractivity contribution in [2.45, 2.75) is 0 Å². The summed E-state index contributed by atoms with van der Waals surface area (Å²) in [4.78, 5) is 6.42. The van der Waals surface area contributed by atoms with Gasteiger partial charge in [-0.2, -0.15) is 0 Å². The number of hydrogen-bond acceptors (Lipinski definition) is 1. The van der Waals surface area contributed by atoms with Crippen LogP contribution in [0.4, 0.5) is 0 Å². The van der Waals surface area contributed by atoms with Crippen molar-refractivity contribution in [1.82, 2.24) is 9.97 Å². The number of benzene rings is 4. The fraction of sp³-hybridized carbons (Fsp3) is 0. The van der Waals surface area contributed by atoms with Crippen molar-refractivity contribution in [3.05, 3.63) is 79.4 Å². The minimum atomic E-state index is 1.34. The van der Waals surface area contributed by atoms with Crippen LogP contribution < -0.4 is 0 Å². The van der Waals surface area contributed by atoms with Crippen LogP contribution >= 0.6 is 0 Å². The van der Waals surface area contributed by atoms with Crippen LogP contribution in [0.5, 0.6) is 0 Å². The number of aromatic amines is 1. The Morgan fingerprint density at radius 1 is 0.619 bits per heavy atom. The zero-order valence-electron chi connectivity index (χ0n) is 11.5. The summed E-state index contributed by atoms with van der Waals surface area (Å²) in [5.74, 6) is 0. The second kappa shape index (κ2) is 4.91. The molecule has 0 spiro atoms. The molecule has 21 heavy (non-hydrogen) atoms. The summed E-state index contributed by atoms with van der Waals surface area (Å²) in [5.41, 5.74) is 0. The summed E-state index contributed by atoms with van der Waals surface area (Å²) in [5, 5.41) is 8.14. The lowest BCUT2D eigenvalue weighted by atomic mass is 9.95. The van der Waals surface area contributed by atoms with Crippen molar-refractivity contribution in [3.8, 4) is 0 Å². The first-order valence-electron chi connectivity index (χ1n) is 6.99. The van der Waals surface area contributed by atoms with Gasteiger partial charge in [-0.3, -0.25) is 0 Å². The van der Waals surface area contributed by atoms with E-state index in [1.807, 2.05) is 0 Å². The number of nitrogens with one attached hydrogen (secondary N) is 1. The number of H-pyrrole nitrogens is 1. The molecular formula is C19H14N2. The minimum absolute atomic E-state index is 1.34. The molecule has 1 heterocycles. The van der Waals surface area contributed by atoms with E-state index in [-0.39, 0.29) is 0 Å². The van der Waals surface area contributed by atoms with Gasteiger partial charge in [0.05, 0.1) is 6.33 Å². The fourth-order valence-corrected chi connectivity index (χ4v) is 2.88. The van der Waals surface area contributed by atoms with E-state index in [4.69, 9.17) is 0 Å². The molecule has 1 N–H and O–H groups in total.